The minimum absolute atomic E-state index is 0.0994. The van der Waals surface area contributed by atoms with E-state index < -0.39 is 0 Å². The number of nitrogens with one attached hydrogen (secondary N) is 1. The lowest BCUT2D eigenvalue weighted by molar-refractivity contribution is 0.0929. The van der Waals surface area contributed by atoms with Gasteiger partial charge in [0.15, 0.2) is 0 Å². The normalized spacial score (nSPS) is 12.5. The fourth-order valence-electron chi connectivity index (χ4n) is 1.22. The van der Waals surface area contributed by atoms with Crippen LogP contribution in [0.5, 0.6) is 0 Å². The molecule has 0 bridgehead atoms. The number of carbonyl (C=O) groups excluding carboxylic acids is 1. The predicted octanol–water partition coefficient (Wildman–Crippen LogP) is -0.113. The monoisotopic (exact) mass is 196 g/mol. The number of nitrogens with two attached hydrogens (primary N) is 1. The van der Waals surface area contributed by atoms with Crippen molar-refractivity contribution in [2.75, 3.05) is 6.54 Å². The summed E-state index contributed by atoms with van der Waals surface area (Å²) in [6.07, 6.45) is 2.38. The third-order valence-electron chi connectivity index (χ3n) is 2.03. The smallest absolute Gasteiger partial charge is 0.269 e. The van der Waals surface area contributed by atoms with Gasteiger partial charge in [0.1, 0.15) is 5.69 Å². The van der Waals surface area contributed by atoms with Crippen molar-refractivity contribution in [3.05, 3.63) is 18.0 Å². The number of aromatic nitrogens is 2. The summed E-state index contributed by atoms with van der Waals surface area (Å²) in [5, 5.41) is 6.77. The van der Waals surface area contributed by atoms with E-state index in [2.05, 4.69) is 10.4 Å². The molecule has 5 heteroatoms. The Morgan fingerprint density at radius 2 is 2.50 bits per heavy atom. The maximum absolute atomic E-state index is 11.6. The number of carbonyl (C=O) groups is 1. The summed E-state index contributed by atoms with van der Waals surface area (Å²) in [4.78, 5) is 11.6. The molecule has 78 valence electrons. The lowest BCUT2D eigenvalue weighted by Gasteiger charge is -2.12. The van der Waals surface area contributed by atoms with E-state index in [1.54, 1.807) is 24.0 Å². The van der Waals surface area contributed by atoms with E-state index in [4.69, 9.17) is 5.73 Å². The molecule has 0 spiro atoms. The summed E-state index contributed by atoms with van der Waals surface area (Å²) in [6, 6.07) is 1.78. The van der Waals surface area contributed by atoms with E-state index in [0.29, 0.717) is 12.2 Å². The van der Waals surface area contributed by atoms with Crippen LogP contribution in [0.15, 0.2) is 12.3 Å². The van der Waals surface area contributed by atoms with Gasteiger partial charge < -0.3 is 11.1 Å². The zero-order valence-electron chi connectivity index (χ0n) is 8.53. The molecule has 0 aliphatic heterocycles. The van der Waals surface area contributed by atoms with Crippen molar-refractivity contribution >= 4 is 5.91 Å². The van der Waals surface area contributed by atoms with Crippen LogP contribution in [-0.2, 0) is 7.05 Å². The minimum atomic E-state index is -0.106. The molecule has 1 aromatic rings. The summed E-state index contributed by atoms with van der Waals surface area (Å²) < 4.78 is 1.55. The van der Waals surface area contributed by atoms with E-state index in [0.717, 1.165) is 6.42 Å². The van der Waals surface area contributed by atoms with Crippen molar-refractivity contribution in [3.63, 3.8) is 0 Å². The van der Waals surface area contributed by atoms with E-state index in [9.17, 15) is 4.79 Å². The Morgan fingerprint density at radius 1 is 1.79 bits per heavy atom. The van der Waals surface area contributed by atoms with Crippen LogP contribution in [0, 0.1) is 0 Å². The topological polar surface area (TPSA) is 72.9 Å². The Morgan fingerprint density at radius 3 is 3.00 bits per heavy atom. The van der Waals surface area contributed by atoms with Crippen LogP contribution in [0.2, 0.25) is 0 Å². The third-order valence-corrected chi connectivity index (χ3v) is 2.03. The van der Waals surface area contributed by atoms with Crippen molar-refractivity contribution in [3.8, 4) is 0 Å². The lowest BCUT2D eigenvalue weighted by Crippen LogP contribution is -2.35. The SMILES string of the molecule is CC(CCN)NC(=O)c1ccnn1C. The summed E-state index contributed by atoms with van der Waals surface area (Å²) in [5.41, 5.74) is 5.95. The van der Waals surface area contributed by atoms with E-state index >= 15 is 0 Å². The Bertz CT molecular complexity index is 308. The first-order chi connectivity index (χ1) is 6.65. The molecule has 14 heavy (non-hydrogen) atoms. The molecule has 0 aliphatic rings. The highest BCUT2D eigenvalue weighted by molar-refractivity contribution is 5.92. The lowest BCUT2D eigenvalue weighted by atomic mass is 10.2. The summed E-state index contributed by atoms with van der Waals surface area (Å²) in [6.45, 7) is 2.51. The van der Waals surface area contributed by atoms with Gasteiger partial charge in [-0.05, 0) is 26.0 Å². The van der Waals surface area contributed by atoms with Gasteiger partial charge in [0.05, 0.1) is 0 Å². The molecule has 0 aromatic carbocycles. The van der Waals surface area contributed by atoms with Gasteiger partial charge >= 0.3 is 0 Å². The number of aryl methyl sites for hydroxylation is 1. The number of nitrogens with zero attached hydrogens (tertiary/aromatic N) is 2. The van der Waals surface area contributed by atoms with Crippen LogP contribution < -0.4 is 11.1 Å². The molecular formula is C9H16N4O. The maximum Gasteiger partial charge on any atom is 0.269 e. The van der Waals surface area contributed by atoms with Gasteiger partial charge in [-0.1, -0.05) is 0 Å². The second kappa shape index (κ2) is 4.76. The molecule has 0 aliphatic carbocycles. The predicted molar refractivity (Wildman–Crippen MR) is 53.8 cm³/mol. The molecule has 1 atom stereocenters. The van der Waals surface area contributed by atoms with Gasteiger partial charge in [-0.2, -0.15) is 5.10 Å². The standard InChI is InChI=1S/C9H16N4O/c1-7(3-5-10)12-9(14)8-4-6-11-13(8)2/h4,6-7H,3,5,10H2,1-2H3,(H,12,14). The Kier molecular flexibility index (Phi) is 3.64. The maximum atomic E-state index is 11.6. The fraction of sp³-hybridized carbons (Fsp3) is 0.556. The molecule has 0 saturated carbocycles. The zero-order valence-corrected chi connectivity index (χ0v) is 8.53. The van der Waals surface area contributed by atoms with Crippen molar-refractivity contribution in [1.82, 2.24) is 15.1 Å². The van der Waals surface area contributed by atoms with E-state index in [-0.39, 0.29) is 11.9 Å². The minimum Gasteiger partial charge on any atom is -0.348 e. The van der Waals surface area contributed by atoms with Crippen molar-refractivity contribution in [1.29, 1.82) is 0 Å². The number of amides is 1. The Balaban J connectivity index is 2.55. The zero-order chi connectivity index (χ0) is 10.6. The molecule has 1 amide bonds. The molecule has 0 saturated heterocycles. The average molecular weight is 196 g/mol. The average Bonchev–Trinajstić information content (AvgIpc) is 2.51. The van der Waals surface area contributed by atoms with E-state index in [1.165, 1.54) is 0 Å². The summed E-state index contributed by atoms with van der Waals surface area (Å²) >= 11 is 0. The number of hydrogen-bond donors (Lipinski definition) is 2. The van der Waals surface area contributed by atoms with Crippen molar-refractivity contribution in [2.45, 2.75) is 19.4 Å². The molecular weight excluding hydrogens is 180 g/mol. The highest BCUT2D eigenvalue weighted by atomic mass is 16.2. The van der Waals surface area contributed by atoms with Crippen LogP contribution >= 0.6 is 0 Å². The van der Waals surface area contributed by atoms with Crippen molar-refractivity contribution in [2.24, 2.45) is 12.8 Å². The van der Waals surface area contributed by atoms with Gasteiger partial charge in [0, 0.05) is 19.3 Å². The molecule has 1 unspecified atom stereocenters. The molecule has 1 rings (SSSR count). The van der Waals surface area contributed by atoms with Crippen LogP contribution in [-0.4, -0.2) is 28.3 Å². The van der Waals surface area contributed by atoms with Gasteiger partial charge in [-0.3, -0.25) is 9.48 Å². The van der Waals surface area contributed by atoms with E-state index in [1.807, 2.05) is 6.92 Å². The fourth-order valence-corrected chi connectivity index (χ4v) is 1.22. The molecule has 1 aromatic heterocycles. The van der Waals surface area contributed by atoms with Crippen LogP contribution in [0.1, 0.15) is 23.8 Å². The highest BCUT2D eigenvalue weighted by Crippen LogP contribution is 1.97. The molecule has 0 fully saturated rings. The van der Waals surface area contributed by atoms with Crippen LogP contribution in [0.3, 0.4) is 0 Å². The van der Waals surface area contributed by atoms with Crippen LogP contribution in [0.4, 0.5) is 0 Å². The largest absolute Gasteiger partial charge is 0.348 e. The van der Waals surface area contributed by atoms with Gasteiger partial charge in [0.2, 0.25) is 0 Å². The van der Waals surface area contributed by atoms with Gasteiger partial charge in [-0.25, -0.2) is 0 Å². The second-order valence-electron chi connectivity index (χ2n) is 3.29. The number of hydrogen-bond acceptors (Lipinski definition) is 3. The first kappa shape index (κ1) is 10.7. The van der Waals surface area contributed by atoms with Crippen LogP contribution in [0.25, 0.3) is 0 Å². The quantitative estimate of drug-likeness (QED) is 0.705. The second-order valence-corrected chi connectivity index (χ2v) is 3.29. The third kappa shape index (κ3) is 2.56. The van der Waals surface area contributed by atoms with Crippen molar-refractivity contribution < 1.29 is 4.79 Å². The first-order valence-corrected chi connectivity index (χ1v) is 4.64. The molecule has 3 N–H and O–H groups in total. The Hall–Kier alpha value is -1.36. The van der Waals surface area contributed by atoms with Gasteiger partial charge in [-0.15, -0.1) is 0 Å². The molecule has 0 radical (unpaired) electrons. The number of rotatable bonds is 4. The first-order valence-electron chi connectivity index (χ1n) is 4.64. The van der Waals surface area contributed by atoms with Gasteiger partial charge in [0.25, 0.3) is 5.91 Å². The molecule has 1 heterocycles. The Labute approximate surface area is 83.3 Å². The summed E-state index contributed by atoms with van der Waals surface area (Å²) in [5.74, 6) is -0.106. The molecule has 5 nitrogen and oxygen atoms in total. The highest BCUT2D eigenvalue weighted by Gasteiger charge is 2.11. The summed E-state index contributed by atoms with van der Waals surface area (Å²) in [7, 11) is 1.74.